The van der Waals surface area contributed by atoms with E-state index in [0.29, 0.717) is 16.5 Å². The monoisotopic (exact) mass is 390 g/mol. The number of carbonyl (C=O) groups is 1. The van der Waals surface area contributed by atoms with Gasteiger partial charge in [0, 0.05) is 23.6 Å². The minimum atomic E-state index is -1.06. The van der Waals surface area contributed by atoms with E-state index in [9.17, 15) is 13.6 Å². The van der Waals surface area contributed by atoms with Crippen LogP contribution in [0.4, 0.5) is 26.1 Å². The quantitative estimate of drug-likeness (QED) is 0.674. The third-order valence-electron chi connectivity index (χ3n) is 3.47. The maximum absolute atomic E-state index is 13.2. The first-order chi connectivity index (χ1) is 13.0. The third-order valence-corrected chi connectivity index (χ3v) is 3.77. The molecule has 2 N–H and O–H groups in total. The number of hydrogen-bond acceptors (Lipinski definition) is 5. The average molecular weight is 391 g/mol. The molecule has 0 bridgehead atoms. The number of anilines is 3. The summed E-state index contributed by atoms with van der Waals surface area (Å²) in [5.74, 6) is -1.98. The van der Waals surface area contributed by atoms with E-state index in [1.54, 1.807) is 18.2 Å². The Labute approximate surface area is 158 Å². The molecule has 0 saturated carbocycles. The summed E-state index contributed by atoms with van der Waals surface area (Å²) in [6.45, 7) is 0. The van der Waals surface area contributed by atoms with Crippen LogP contribution < -0.4 is 15.4 Å². The second-order valence-corrected chi connectivity index (χ2v) is 5.73. The van der Waals surface area contributed by atoms with Crippen molar-refractivity contribution in [1.82, 2.24) is 9.97 Å². The van der Waals surface area contributed by atoms with Gasteiger partial charge in [-0.25, -0.2) is 18.7 Å². The summed E-state index contributed by atoms with van der Waals surface area (Å²) in [7, 11) is 1.51. The van der Waals surface area contributed by atoms with Gasteiger partial charge in [0.2, 0.25) is 5.95 Å². The van der Waals surface area contributed by atoms with Crippen LogP contribution in [0.3, 0.4) is 0 Å². The normalized spacial score (nSPS) is 10.4. The Morgan fingerprint density at radius 3 is 2.56 bits per heavy atom. The van der Waals surface area contributed by atoms with Crippen molar-refractivity contribution >= 4 is 34.8 Å². The first-order valence-electron chi connectivity index (χ1n) is 7.66. The highest BCUT2D eigenvalue weighted by Crippen LogP contribution is 2.28. The number of hydrogen-bond donors (Lipinski definition) is 2. The Hall–Kier alpha value is -3.26. The van der Waals surface area contributed by atoms with Gasteiger partial charge in [0.15, 0.2) is 11.6 Å². The van der Waals surface area contributed by atoms with Gasteiger partial charge >= 0.3 is 0 Å². The Kier molecular flexibility index (Phi) is 5.46. The second-order valence-electron chi connectivity index (χ2n) is 5.32. The standard InChI is InChI=1S/C18H13ClF2N4O2/c1-27-16-5-3-10(8-12(16)19)24-18-22-7-6-15(25-18)17(26)23-11-2-4-13(20)14(21)9-11/h2-9H,1H3,(H,23,26)(H,22,24,25). The number of amides is 1. The number of nitrogens with one attached hydrogen (secondary N) is 2. The fraction of sp³-hybridized carbons (Fsp3) is 0.0556. The number of nitrogens with zero attached hydrogens (tertiary/aromatic N) is 2. The van der Waals surface area contributed by atoms with Crippen LogP contribution in [0.25, 0.3) is 0 Å². The molecule has 6 nitrogen and oxygen atoms in total. The molecule has 1 heterocycles. The van der Waals surface area contributed by atoms with E-state index in [1.165, 1.54) is 25.4 Å². The first kappa shape index (κ1) is 18.5. The van der Waals surface area contributed by atoms with E-state index >= 15 is 0 Å². The van der Waals surface area contributed by atoms with Gasteiger partial charge in [-0.3, -0.25) is 4.79 Å². The molecule has 138 valence electrons. The molecule has 0 aliphatic carbocycles. The molecular formula is C18H13ClF2N4O2. The summed E-state index contributed by atoms with van der Waals surface area (Å²) in [5, 5.41) is 5.76. The lowest BCUT2D eigenvalue weighted by molar-refractivity contribution is 0.102. The molecule has 0 aliphatic heterocycles. The molecule has 0 unspecified atom stereocenters. The molecule has 0 atom stereocenters. The fourth-order valence-corrected chi connectivity index (χ4v) is 2.45. The zero-order chi connectivity index (χ0) is 19.4. The number of ether oxygens (including phenoxy) is 1. The van der Waals surface area contributed by atoms with Gasteiger partial charge in [-0.15, -0.1) is 0 Å². The van der Waals surface area contributed by atoms with Crippen LogP contribution in [0.15, 0.2) is 48.7 Å². The predicted octanol–water partition coefficient (Wildman–Crippen LogP) is 4.41. The summed E-state index contributed by atoms with van der Waals surface area (Å²) < 4.78 is 31.3. The van der Waals surface area contributed by atoms with Gasteiger partial charge in [-0.2, -0.15) is 0 Å². The third kappa shape index (κ3) is 4.48. The van der Waals surface area contributed by atoms with E-state index in [0.717, 1.165) is 12.1 Å². The molecule has 1 amide bonds. The lowest BCUT2D eigenvalue weighted by Gasteiger charge is -2.09. The fourth-order valence-electron chi connectivity index (χ4n) is 2.19. The summed E-state index contributed by atoms with van der Waals surface area (Å²) in [6, 6.07) is 9.44. The average Bonchev–Trinajstić information content (AvgIpc) is 2.65. The highest BCUT2D eigenvalue weighted by molar-refractivity contribution is 6.32. The molecule has 3 rings (SSSR count). The van der Waals surface area contributed by atoms with Crippen molar-refractivity contribution in [3.05, 3.63) is 71.0 Å². The van der Waals surface area contributed by atoms with Crippen LogP contribution in [-0.4, -0.2) is 23.0 Å². The molecule has 0 fully saturated rings. The van der Waals surface area contributed by atoms with Crippen molar-refractivity contribution in [1.29, 1.82) is 0 Å². The highest BCUT2D eigenvalue weighted by atomic mass is 35.5. The first-order valence-corrected chi connectivity index (χ1v) is 8.04. The van der Waals surface area contributed by atoms with E-state index in [1.807, 2.05) is 0 Å². The Balaban J connectivity index is 1.75. The molecule has 27 heavy (non-hydrogen) atoms. The number of benzene rings is 2. The molecule has 9 heteroatoms. The number of rotatable bonds is 5. The number of halogens is 3. The topological polar surface area (TPSA) is 76.1 Å². The van der Waals surface area contributed by atoms with Gasteiger partial charge in [0.1, 0.15) is 11.4 Å². The van der Waals surface area contributed by atoms with Crippen LogP contribution in [0, 0.1) is 11.6 Å². The lowest BCUT2D eigenvalue weighted by Crippen LogP contribution is -2.15. The molecule has 0 aliphatic rings. The lowest BCUT2D eigenvalue weighted by atomic mass is 10.3. The van der Waals surface area contributed by atoms with E-state index in [4.69, 9.17) is 16.3 Å². The highest BCUT2D eigenvalue weighted by Gasteiger charge is 2.11. The molecule has 0 radical (unpaired) electrons. The number of aromatic nitrogens is 2. The van der Waals surface area contributed by atoms with E-state index in [-0.39, 0.29) is 17.3 Å². The zero-order valence-corrected chi connectivity index (χ0v) is 14.7. The van der Waals surface area contributed by atoms with Crippen LogP contribution in [0.1, 0.15) is 10.5 Å². The van der Waals surface area contributed by atoms with Gasteiger partial charge in [0.05, 0.1) is 12.1 Å². The smallest absolute Gasteiger partial charge is 0.274 e. The summed E-state index contributed by atoms with van der Waals surface area (Å²) >= 11 is 6.06. The molecule has 0 saturated heterocycles. The Morgan fingerprint density at radius 2 is 1.85 bits per heavy atom. The minimum absolute atomic E-state index is 0.0387. The van der Waals surface area contributed by atoms with E-state index < -0.39 is 17.5 Å². The molecule has 0 spiro atoms. The van der Waals surface area contributed by atoms with Crippen molar-refractivity contribution in [2.75, 3.05) is 17.7 Å². The van der Waals surface area contributed by atoms with Crippen molar-refractivity contribution in [2.24, 2.45) is 0 Å². The van der Waals surface area contributed by atoms with Gasteiger partial charge < -0.3 is 15.4 Å². The molecule has 1 aromatic heterocycles. The van der Waals surface area contributed by atoms with Crippen molar-refractivity contribution in [2.45, 2.75) is 0 Å². The van der Waals surface area contributed by atoms with Crippen molar-refractivity contribution < 1.29 is 18.3 Å². The predicted molar refractivity (Wildman–Crippen MR) is 97.6 cm³/mol. The maximum atomic E-state index is 13.2. The Bertz CT molecular complexity index is 1000. The van der Waals surface area contributed by atoms with Crippen LogP contribution in [0.2, 0.25) is 5.02 Å². The second kappa shape index (κ2) is 7.96. The largest absolute Gasteiger partial charge is 0.495 e. The van der Waals surface area contributed by atoms with Crippen LogP contribution >= 0.6 is 11.6 Å². The van der Waals surface area contributed by atoms with Gasteiger partial charge in [-0.1, -0.05) is 11.6 Å². The summed E-state index contributed by atoms with van der Waals surface area (Å²) in [5.41, 5.74) is 0.741. The number of carbonyl (C=O) groups excluding carboxylic acids is 1. The van der Waals surface area contributed by atoms with Crippen molar-refractivity contribution in [3.8, 4) is 5.75 Å². The Morgan fingerprint density at radius 1 is 1.07 bits per heavy atom. The summed E-state index contributed by atoms with van der Waals surface area (Å²) in [6.07, 6.45) is 1.39. The van der Waals surface area contributed by atoms with Crippen molar-refractivity contribution in [3.63, 3.8) is 0 Å². The van der Waals surface area contributed by atoms with Gasteiger partial charge in [0.25, 0.3) is 5.91 Å². The van der Waals surface area contributed by atoms with Gasteiger partial charge in [-0.05, 0) is 36.4 Å². The molecule has 3 aromatic rings. The zero-order valence-electron chi connectivity index (χ0n) is 14.0. The van der Waals surface area contributed by atoms with Crippen LogP contribution in [-0.2, 0) is 0 Å². The van der Waals surface area contributed by atoms with E-state index in [2.05, 4.69) is 20.6 Å². The summed E-state index contributed by atoms with van der Waals surface area (Å²) in [4.78, 5) is 20.4. The molecule has 2 aromatic carbocycles. The number of methoxy groups -OCH3 is 1. The molecular weight excluding hydrogens is 378 g/mol. The maximum Gasteiger partial charge on any atom is 0.274 e. The minimum Gasteiger partial charge on any atom is -0.495 e. The van der Waals surface area contributed by atoms with Crippen LogP contribution in [0.5, 0.6) is 5.75 Å². The SMILES string of the molecule is COc1ccc(Nc2nccc(C(=O)Nc3ccc(F)c(F)c3)n2)cc1Cl.